The molecule has 0 radical (unpaired) electrons. The lowest BCUT2D eigenvalue weighted by molar-refractivity contribution is 0.626. The summed E-state index contributed by atoms with van der Waals surface area (Å²) in [6.45, 7) is 2.05. The van der Waals surface area contributed by atoms with E-state index in [0.717, 1.165) is 27.7 Å². The average molecular weight is 392 g/mol. The van der Waals surface area contributed by atoms with Gasteiger partial charge >= 0.3 is 0 Å². The molecule has 0 saturated heterocycles. The average Bonchev–Trinajstić information content (AvgIpc) is 3.13. The number of aromatic nitrogens is 2. The van der Waals surface area contributed by atoms with Crippen molar-refractivity contribution in [3.63, 3.8) is 0 Å². The van der Waals surface area contributed by atoms with Crippen molar-refractivity contribution >= 4 is 11.8 Å². The van der Waals surface area contributed by atoms with Crippen LogP contribution in [0.1, 0.15) is 11.1 Å². The molecule has 0 atom stereocenters. The van der Waals surface area contributed by atoms with Crippen molar-refractivity contribution in [3.05, 3.63) is 102 Å². The number of thioether (sulfide) groups is 1. The van der Waals surface area contributed by atoms with Crippen molar-refractivity contribution in [1.29, 1.82) is 0 Å². The predicted molar refractivity (Wildman–Crippen MR) is 110 cm³/mol. The van der Waals surface area contributed by atoms with Gasteiger partial charge in [0.1, 0.15) is 11.6 Å². The zero-order valence-corrected chi connectivity index (χ0v) is 16.1. The van der Waals surface area contributed by atoms with E-state index in [9.17, 15) is 8.78 Å². The fourth-order valence-corrected chi connectivity index (χ4v) is 3.88. The number of halogens is 2. The number of aryl methyl sites for hydroxylation is 1. The Morgan fingerprint density at radius 1 is 0.821 bits per heavy atom. The van der Waals surface area contributed by atoms with Gasteiger partial charge in [0.15, 0.2) is 5.16 Å². The van der Waals surface area contributed by atoms with Crippen molar-refractivity contribution in [1.82, 2.24) is 9.55 Å². The molecule has 0 bridgehead atoms. The molecule has 3 aromatic carbocycles. The molecule has 0 N–H and O–H groups in total. The Morgan fingerprint density at radius 2 is 1.43 bits per heavy atom. The van der Waals surface area contributed by atoms with Crippen molar-refractivity contribution in [2.45, 2.75) is 17.8 Å². The summed E-state index contributed by atoms with van der Waals surface area (Å²) in [5.41, 5.74) is 5.01. The predicted octanol–water partition coefficient (Wildman–Crippen LogP) is 6.42. The first-order valence-electron chi connectivity index (χ1n) is 8.88. The third kappa shape index (κ3) is 3.99. The van der Waals surface area contributed by atoms with E-state index < -0.39 is 0 Å². The molecule has 0 amide bonds. The largest absolute Gasteiger partial charge is 0.287 e. The zero-order chi connectivity index (χ0) is 19.5. The molecule has 0 aliphatic rings. The van der Waals surface area contributed by atoms with Gasteiger partial charge in [0.2, 0.25) is 0 Å². The van der Waals surface area contributed by atoms with Crippen LogP contribution in [0.4, 0.5) is 8.78 Å². The maximum Gasteiger partial charge on any atom is 0.173 e. The van der Waals surface area contributed by atoms with E-state index in [1.807, 2.05) is 17.7 Å². The molecule has 0 fully saturated rings. The third-order valence-corrected chi connectivity index (χ3v) is 5.47. The number of imidazole rings is 1. The summed E-state index contributed by atoms with van der Waals surface area (Å²) >= 11 is 1.56. The van der Waals surface area contributed by atoms with Crippen LogP contribution in [0, 0.1) is 18.6 Å². The molecule has 5 heteroatoms. The van der Waals surface area contributed by atoms with Crippen LogP contribution in [0.2, 0.25) is 0 Å². The minimum Gasteiger partial charge on any atom is -0.287 e. The number of hydrogen-bond acceptors (Lipinski definition) is 2. The van der Waals surface area contributed by atoms with Gasteiger partial charge in [-0.05, 0) is 48.9 Å². The smallest absolute Gasteiger partial charge is 0.173 e. The molecule has 1 aromatic heterocycles. The second kappa shape index (κ2) is 7.98. The molecule has 0 spiro atoms. The number of nitrogens with zero attached hydrogens (tertiary/aromatic N) is 2. The summed E-state index contributed by atoms with van der Waals surface area (Å²) in [7, 11) is 0. The molecule has 28 heavy (non-hydrogen) atoms. The zero-order valence-electron chi connectivity index (χ0n) is 15.3. The van der Waals surface area contributed by atoms with Crippen LogP contribution in [-0.2, 0) is 5.75 Å². The van der Waals surface area contributed by atoms with Crippen LogP contribution >= 0.6 is 11.8 Å². The quantitative estimate of drug-likeness (QED) is 0.365. The van der Waals surface area contributed by atoms with Gasteiger partial charge in [-0.15, -0.1) is 0 Å². The lowest BCUT2D eigenvalue weighted by Gasteiger charge is -2.12. The highest BCUT2D eigenvalue weighted by atomic mass is 32.2. The topological polar surface area (TPSA) is 17.8 Å². The summed E-state index contributed by atoms with van der Waals surface area (Å²) in [5, 5.41) is 0.798. The Kier molecular flexibility index (Phi) is 5.26. The van der Waals surface area contributed by atoms with E-state index in [1.54, 1.807) is 36.0 Å². The van der Waals surface area contributed by atoms with Gasteiger partial charge < -0.3 is 0 Å². The summed E-state index contributed by atoms with van der Waals surface area (Å²) in [6, 6.07) is 21.1. The Bertz CT molecular complexity index is 1070. The van der Waals surface area contributed by atoms with E-state index in [2.05, 4.69) is 29.2 Å². The van der Waals surface area contributed by atoms with Crippen LogP contribution in [0.15, 0.2) is 84.1 Å². The summed E-state index contributed by atoms with van der Waals surface area (Å²) in [6.07, 6.45) is 1.83. The van der Waals surface area contributed by atoms with E-state index in [0.29, 0.717) is 5.75 Å². The molecule has 0 aliphatic heterocycles. The number of rotatable bonds is 5. The Balaban J connectivity index is 1.72. The summed E-state index contributed by atoms with van der Waals surface area (Å²) in [5.74, 6) is 0.135. The fraction of sp³-hybridized carbons (Fsp3) is 0.0870. The lowest BCUT2D eigenvalue weighted by Crippen LogP contribution is -1.99. The molecule has 1 heterocycles. The number of hydrogen-bond donors (Lipinski definition) is 0. The van der Waals surface area contributed by atoms with Crippen LogP contribution < -0.4 is 0 Å². The molecule has 2 nitrogen and oxygen atoms in total. The molecule has 0 unspecified atom stereocenters. The van der Waals surface area contributed by atoms with E-state index in [4.69, 9.17) is 0 Å². The van der Waals surface area contributed by atoms with Crippen LogP contribution in [0.3, 0.4) is 0 Å². The first-order valence-corrected chi connectivity index (χ1v) is 9.87. The number of benzene rings is 3. The van der Waals surface area contributed by atoms with Gasteiger partial charge in [-0.2, -0.15) is 0 Å². The standard InChI is InChI=1S/C23H18F2N2S/c1-16-2-6-18(7-3-16)22-14-26-23(27(22)21-12-10-20(25)11-13-21)28-15-17-4-8-19(24)9-5-17/h2-14H,15H2,1H3. The third-order valence-electron chi connectivity index (χ3n) is 4.44. The van der Waals surface area contributed by atoms with Gasteiger partial charge in [-0.25, -0.2) is 13.8 Å². The second-order valence-corrected chi connectivity index (χ2v) is 7.46. The van der Waals surface area contributed by atoms with Crippen LogP contribution in [0.25, 0.3) is 16.9 Å². The van der Waals surface area contributed by atoms with Gasteiger partial charge in [-0.3, -0.25) is 4.57 Å². The second-order valence-electron chi connectivity index (χ2n) is 6.52. The van der Waals surface area contributed by atoms with E-state index in [1.165, 1.54) is 29.8 Å². The Labute approximate surface area is 166 Å². The lowest BCUT2D eigenvalue weighted by atomic mass is 10.1. The molecule has 0 aliphatic carbocycles. The summed E-state index contributed by atoms with van der Waals surface area (Å²) in [4.78, 5) is 4.60. The molecule has 140 valence electrons. The van der Waals surface area contributed by atoms with Crippen molar-refractivity contribution in [3.8, 4) is 16.9 Å². The minimum absolute atomic E-state index is 0.247. The highest BCUT2D eigenvalue weighted by Crippen LogP contribution is 2.31. The van der Waals surface area contributed by atoms with Crippen molar-refractivity contribution in [2.75, 3.05) is 0 Å². The summed E-state index contributed by atoms with van der Waals surface area (Å²) < 4.78 is 28.6. The first kappa shape index (κ1) is 18.4. The first-order chi connectivity index (χ1) is 13.6. The van der Waals surface area contributed by atoms with Crippen LogP contribution in [-0.4, -0.2) is 9.55 Å². The maximum absolute atomic E-state index is 13.4. The Hall–Kier alpha value is -2.92. The molecule has 4 rings (SSSR count). The van der Waals surface area contributed by atoms with E-state index >= 15 is 0 Å². The highest BCUT2D eigenvalue weighted by Gasteiger charge is 2.14. The fourth-order valence-electron chi connectivity index (χ4n) is 2.93. The minimum atomic E-state index is -0.277. The van der Waals surface area contributed by atoms with Crippen molar-refractivity contribution < 1.29 is 8.78 Å². The molecular formula is C23H18F2N2S. The molecule has 0 saturated carbocycles. The van der Waals surface area contributed by atoms with Gasteiger partial charge in [0.05, 0.1) is 11.9 Å². The van der Waals surface area contributed by atoms with Gasteiger partial charge in [0, 0.05) is 17.0 Å². The van der Waals surface area contributed by atoms with Crippen LogP contribution in [0.5, 0.6) is 0 Å². The van der Waals surface area contributed by atoms with E-state index in [-0.39, 0.29) is 11.6 Å². The van der Waals surface area contributed by atoms with Gasteiger partial charge in [0.25, 0.3) is 0 Å². The molecular weight excluding hydrogens is 374 g/mol. The monoisotopic (exact) mass is 392 g/mol. The maximum atomic E-state index is 13.4. The normalized spacial score (nSPS) is 11.0. The highest BCUT2D eigenvalue weighted by molar-refractivity contribution is 7.98. The molecule has 4 aromatic rings. The van der Waals surface area contributed by atoms with Gasteiger partial charge in [-0.1, -0.05) is 53.7 Å². The SMILES string of the molecule is Cc1ccc(-c2cnc(SCc3ccc(F)cc3)n2-c2ccc(F)cc2)cc1. The van der Waals surface area contributed by atoms with Crippen molar-refractivity contribution in [2.24, 2.45) is 0 Å². The Morgan fingerprint density at radius 3 is 2.07 bits per heavy atom.